The van der Waals surface area contributed by atoms with Crippen molar-refractivity contribution >= 4 is 5.91 Å². The van der Waals surface area contributed by atoms with Gasteiger partial charge < -0.3 is 11.1 Å². The Morgan fingerprint density at radius 1 is 1.43 bits per heavy atom. The molecule has 1 fully saturated rings. The van der Waals surface area contributed by atoms with Crippen LogP contribution in [0, 0.1) is 0 Å². The molecule has 1 aliphatic rings. The topological polar surface area (TPSA) is 55.1 Å². The van der Waals surface area contributed by atoms with Crippen LogP contribution < -0.4 is 11.1 Å². The Bertz CT molecular complexity index is 217. The quantitative estimate of drug-likeness (QED) is 0.669. The van der Waals surface area contributed by atoms with Crippen LogP contribution in [-0.4, -0.2) is 18.0 Å². The lowest BCUT2D eigenvalue weighted by Crippen LogP contribution is -2.54. The van der Waals surface area contributed by atoms with E-state index >= 15 is 0 Å². The van der Waals surface area contributed by atoms with Gasteiger partial charge in [0.1, 0.15) is 0 Å². The molecule has 0 radical (unpaired) electrons. The van der Waals surface area contributed by atoms with Crippen LogP contribution in [0.3, 0.4) is 0 Å². The van der Waals surface area contributed by atoms with E-state index in [0.29, 0.717) is 6.54 Å². The van der Waals surface area contributed by atoms with Crippen LogP contribution >= 0.6 is 0 Å². The fourth-order valence-corrected chi connectivity index (χ4v) is 2.06. The second-order valence-corrected chi connectivity index (χ2v) is 4.03. The predicted octanol–water partition coefficient (Wildman–Crippen LogP) is 1.34. The first kappa shape index (κ1) is 11.2. The minimum absolute atomic E-state index is 0.0140. The number of amides is 1. The average Bonchev–Trinajstić information content (AvgIpc) is 2.19. The Morgan fingerprint density at radius 2 is 2.07 bits per heavy atom. The lowest BCUT2D eigenvalue weighted by molar-refractivity contribution is -0.118. The van der Waals surface area contributed by atoms with E-state index in [2.05, 4.69) is 5.32 Å². The van der Waals surface area contributed by atoms with Crippen LogP contribution in [0.4, 0.5) is 0 Å². The van der Waals surface area contributed by atoms with Crippen LogP contribution in [0.1, 0.15) is 39.0 Å². The maximum atomic E-state index is 11.4. The minimum Gasteiger partial charge on any atom is -0.346 e. The molecule has 3 heteroatoms. The van der Waals surface area contributed by atoms with Crippen molar-refractivity contribution in [2.45, 2.75) is 44.6 Å². The number of allylic oxidation sites excluding steroid dienone is 1. The van der Waals surface area contributed by atoms with Gasteiger partial charge in [-0.1, -0.05) is 25.3 Å². The summed E-state index contributed by atoms with van der Waals surface area (Å²) in [4.78, 5) is 11.4. The van der Waals surface area contributed by atoms with Gasteiger partial charge in [-0.3, -0.25) is 4.79 Å². The Hall–Kier alpha value is -0.830. The number of nitrogens with two attached hydrogens (primary N) is 1. The highest BCUT2D eigenvalue weighted by Gasteiger charge is 2.31. The van der Waals surface area contributed by atoms with Gasteiger partial charge in [0, 0.05) is 6.54 Å². The van der Waals surface area contributed by atoms with E-state index in [9.17, 15) is 4.79 Å². The molecular weight excluding hydrogens is 176 g/mol. The monoisotopic (exact) mass is 196 g/mol. The fraction of sp³-hybridized carbons (Fsp3) is 0.727. The van der Waals surface area contributed by atoms with E-state index in [1.54, 1.807) is 12.2 Å². The van der Waals surface area contributed by atoms with Crippen LogP contribution in [0.5, 0.6) is 0 Å². The van der Waals surface area contributed by atoms with E-state index in [1.807, 2.05) is 6.92 Å². The SMILES string of the molecule is C/C=C/C(=O)NC1(CN)CCCCC1. The second-order valence-electron chi connectivity index (χ2n) is 4.03. The number of hydrogen-bond donors (Lipinski definition) is 2. The van der Waals surface area contributed by atoms with Crippen molar-refractivity contribution in [2.24, 2.45) is 5.73 Å². The smallest absolute Gasteiger partial charge is 0.244 e. The number of nitrogens with one attached hydrogen (secondary N) is 1. The van der Waals surface area contributed by atoms with Crippen LogP contribution in [0.25, 0.3) is 0 Å². The third-order valence-electron chi connectivity index (χ3n) is 2.91. The predicted molar refractivity (Wildman–Crippen MR) is 57.8 cm³/mol. The highest BCUT2D eigenvalue weighted by atomic mass is 16.1. The zero-order valence-corrected chi connectivity index (χ0v) is 8.88. The van der Waals surface area contributed by atoms with Gasteiger partial charge in [0.2, 0.25) is 5.91 Å². The molecule has 0 aromatic rings. The number of carbonyl (C=O) groups is 1. The zero-order chi connectivity index (χ0) is 10.4. The van der Waals surface area contributed by atoms with Gasteiger partial charge in [-0.2, -0.15) is 0 Å². The van der Waals surface area contributed by atoms with E-state index in [1.165, 1.54) is 19.3 Å². The Kier molecular flexibility index (Phi) is 4.14. The second kappa shape index (κ2) is 5.15. The molecule has 0 bridgehead atoms. The van der Waals surface area contributed by atoms with Crippen molar-refractivity contribution < 1.29 is 4.79 Å². The molecule has 1 aliphatic carbocycles. The van der Waals surface area contributed by atoms with E-state index in [4.69, 9.17) is 5.73 Å². The molecule has 3 nitrogen and oxygen atoms in total. The van der Waals surface area contributed by atoms with Gasteiger partial charge in [0.25, 0.3) is 0 Å². The summed E-state index contributed by atoms with van der Waals surface area (Å²) in [5.74, 6) is -0.0140. The van der Waals surface area contributed by atoms with Gasteiger partial charge in [-0.05, 0) is 25.8 Å². The van der Waals surface area contributed by atoms with E-state index in [-0.39, 0.29) is 11.4 Å². The molecule has 0 aromatic carbocycles. The molecule has 1 rings (SSSR count). The Labute approximate surface area is 85.7 Å². The summed E-state index contributed by atoms with van der Waals surface area (Å²) in [6.45, 7) is 2.39. The maximum Gasteiger partial charge on any atom is 0.244 e. The molecule has 1 amide bonds. The number of carbonyl (C=O) groups excluding carboxylic acids is 1. The molecule has 0 unspecified atom stereocenters. The van der Waals surface area contributed by atoms with Crippen LogP contribution in [0.2, 0.25) is 0 Å². The normalized spacial score (nSPS) is 21.0. The third kappa shape index (κ3) is 2.84. The third-order valence-corrected chi connectivity index (χ3v) is 2.91. The Balaban J connectivity index is 2.55. The highest BCUT2D eigenvalue weighted by molar-refractivity contribution is 5.88. The van der Waals surface area contributed by atoms with Gasteiger partial charge in [0.15, 0.2) is 0 Å². The number of rotatable bonds is 3. The first-order valence-corrected chi connectivity index (χ1v) is 5.37. The molecule has 1 saturated carbocycles. The van der Waals surface area contributed by atoms with Gasteiger partial charge in [-0.15, -0.1) is 0 Å². The summed E-state index contributed by atoms with van der Waals surface area (Å²) in [7, 11) is 0. The average molecular weight is 196 g/mol. The van der Waals surface area contributed by atoms with Crippen molar-refractivity contribution in [3.63, 3.8) is 0 Å². The lowest BCUT2D eigenvalue weighted by atomic mass is 9.81. The van der Waals surface area contributed by atoms with Crippen molar-refractivity contribution in [2.75, 3.05) is 6.54 Å². The molecule has 0 aromatic heterocycles. The first-order chi connectivity index (χ1) is 6.72. The number of hydrogen-bond acceptors (Lipinski definition) is 2. The molecule has 0 spiro atoms. The largest absolute Gasteiger partial charge is 0.346 e. The molecular formula is C11H20N2O. The van der Waals surface area contributed by atoms with Crippen molar-refractivity contribution in [3.8, 4) is 0 Å². The molecule has 14 heavy (non-hydrogen) atoms. The molecule has 80 valence electrons. The lowest BCUT2D eigenvalue weighted by Gasteiger charge is -2.36. The standard InChI is InChI=1S/C11H20N2O/c1-2-6-10(14)13-11(9-12)7-4-3-5-8-11/h2,6H,3-5,7-9,12H2,1H3,(H,13,14)/b6-2+. The molecule has 0 aliphatic heterocycles. The summed E-state index contributed by atoms with van der Waals surface area (Å²) in [6, 6.07) is 0. The van der Waals surface area contributed by atoms with E-state index < -0.39 is 0 Å². The fourth-order valence-electron chi connectivity index (χ4n) is 2.06. The Morgan fingerprint density at radius 3 is 2.57 bits per heavy atom. The summed E-state index contributed by atoms with van der Waals surface area (Å²) in [5.41, 5.74) is 5.61. The molecule has 0 heterocycles. The highest BCUT2D eigenvalue weighted by Crippen LogP contribution is 2.27. The van der Waals surface area contributed by atoms with Crippen molar-refractivity contribution in [3.05, 3.63) is 12.2 Å². The van der Waals surface area contributed by atoms with Crippen molar-refractivity contribution in [1.82, 2.24) is 5.32 Å². The maximum absolute atomic E-state index is 11.4. The van der Waals surface area contributed by atoms with Gasteiger partial charge >= 0.3 is 0 Å². The summed E-state index contributed by atoms with van der Waals surface area (Å²) < 4.78 is 0. The summed E-state index contributed by atoms with van der Waals surface area (Å²) in [6.07, 6.45) is 8.97. The molecule has 3 N–H and O–H groups in total. The van der Waals surface area contributed by atoms with Crippen LogP contribution in [0.15, 0.2) is 12.2 Å². The first-order valence-electron chi connectivity index (χ1n) is 5.37. The molecule has 0 saturated heterocycles. The zero-order valence-electron chi connectivity index (χ0n) is 8.88. The summed E-state index contributed by atoms with van der Waals surface area (Å²) >= 11 is 0. The minimum atomic E-state index is -0.130. The van der Waals surface area contributed by atoms with Crippen LogP contribution in [-0.2, 0) is 4.79 Å². The van der Waals surface area contributed by atoms with Crippen molar-refractivity contribution in [1.29, 1.82) is 0 Å². The van der Waals surface area contributed by atoms with Gasteiger partial charge in [0.05, 0.1) is 5.54 Å². The van der Waals surface area contributed by atoms with Gasteiger partial charge in [-0.25, -0.2) is 0 Å². The van der Waals surface area contributed by atoms with E-state index in [0.717, 1.165) is 12.8 Å². The summed E-state index contributed by atoms with van der Waals surface area (Å²) in [5, 5.41) is 3.03. The molecule has 0 atom stereocenters.